The summed E-state index contributed by atoms with van der Waals surface area (Å²) in [5, 5.41) is 4.04. The van der Waals surface area contributed by atoms with Crippen LogP contribution in [0.1, 0.15) is 12.5 Å². The standard InChI is InChI=1S/C21H19F3N2O2/c1-13-12-26(8-7-25-13)17-6-5-15-10-18(20(27)28-19(15)11-17)14-3-2-4-16(9-14)21(22,23)24/h2-6,9-11,13,25H,7-8,12H2,1H3/t13-/m0/s1. The largest absolute Gasteiger partial charge is 0.422 e. The molecule has 1 aliphatic rings. The van der Waals surface area contributed by atoms with Crippen molar-refractivity contribution >= 4 is 16.7 Å². The number of rotatable bonds is 2. The summed E-state index contributed by atoms with van der Waals surface area (Å²) in [5.41, 5.74) is 0.221. The number of hydrogen-bond donors (Lipinski definition) is 1. The molecule has 4 nitrogen and oxygen atoms in total. The molecule has 28 heavy (non-hydrogen) atoms. The van der Waals surface area contributed by atoms with Crippen molar-refractivity contribution in [1.29, 1.82) is 0 Å². The molecule has 2 heterocycles. The van der Waals surface area contributed by atoms with Crippen LogP contribution in [-0.4, -0.2) is 25.7 Å². The van der Waals surface area contributed by atoms with Crippen LogP contribution in [0.2, 0.25) is 0 Å². The SMILES string of the molecule is C[C@H]1CN(c2ccc3cc(-c4cccc(C(F)(F)F)c4)c(=O)oc3c2)CCN1. The van der Waals surface area contributed by atoms with E-state index in [0.717, 1.165) is 37.5 Å². The van der Waals surface area contributed by atoms with Gasteiger partial charge in [0, 0.05) is 42.8 Å². The molecule has 1 aromatic heterocycles. The second-order valence-corrected chi connectivity index (χ2v) is 7.05. The molecule has 0 unspecified atom stereocenters. The van der Waals surface area contributed by atoms with Gasteiger partial charge in [-0.15, -0.1) is 0 Å². The van der Waals surface area contributed by atoms with Crippen LogP contribution >= 0.6 is 0 Å². The van der Waals surface area contributed by atoms with Gasteiger partial charge in [0.2, 0.25) is 0 Å². The molecule has 1 saturated heterocycles. The predicted molar refractivity (Wildman–Crippen MR) is 103 cm³/mol. The van der Waals surface area contributed by atoms with Crippen molar-refractivity contribution in [2.24, 2.45) is 0 Å². The van der Waals surface area contributed by atoms with Gasteiger partial charge >= 0.3 is 11.8 Å². The third kappa shape index (κ3) is 3.62. The van der Waals surface area contributed by atoms with Crippen LogP contribution in [-0.2, 0) is 6.18 Å². The van der Waals surface area contributed by atoms with Crippen molar-refractivity contribution in [3.63, 3.8) is 0 Å². The Morgan fingerprint density at radius 1 is 1.14 bits per heavy atom. The van der Waals surface area contributed by atoms with E-state index >= 15 is 0 Å². The highest BCUT2D eigenvalue weighted by Crippen LogP contribution is 2.32. The van der Waals surface area contributed by atoms with E-state index < -0.39 is 17.4 Å². The normalized spacial score (nSPS) is 17.9. The van der Waals surface area contributed by atoms with Crippen LogP contribution in [0.4, 0.5) is 18.9 Å². The Labute approximate surface area is 159 Å². The highest BCUT2D eigenvalue weighted by atomic mass is 19.4. The predicted octanol–water partition coefficient (Wildman–Crippen LogP) is 4.28. The number of alkyl halides is 3. The average molecular weight is 388 g/mol. The van der Waals surface area contributed by atoms with E-state index in [1.54, 1.807) is 6.07 Å². The second kappa shape index (κ2) is 6.98. The van der Waals surface area contributed by atoms with Crippen LogP contribution in [0.5, 0.6) is 0 Å². The number of halogens is 3. The molecule has 4 rings (SSSR count). The number of nitrogens with zero attached hydrogens (tertiary/aromatic N) is 1. The van der Waals surface area contributed by atoms with E-state index in [4.69, 9.17) is 4.42 Å². The molecule has 1 aliphatic heterocycles. The molecular formula is C21H19F3N2O2. The molecule has 0 aliphatic carbocycles. The summed E-state index contributed by atoms with van der Waals surface area (Å²) < 4.78 is 44.4. The Kier molecular flexibility index (Phi) is 4.63. The Balaban J connectivity index is 1.74. The minimum Gasteiger partial charge on any atom is -0.422 e. The summed E-state index contributed by atoms with van der Waals surface area (Å²) in [6, 6.07) is 12.2. The molecule has 0 radical (unpaired) electrons. The van der Waals surface area contributed by atoms with Crippen molar-refractivity contribution in [2.75, 3.05) is 24.5 Å². The average Bonchev–Trinajstić information content (AvgIpc) is 2.66. The molecule has 0 saturated carbocycles. The van der Waals surface area contributed by atoms with E-state index in [9.17, 15) is 18.0 Å². The smallest absolute Gasteiger partial charge is 0.416 e. The van der Waals surface area contributed by atoms with Gasteiger partial charge in [-0.2, -0.15) is 13.2 Å². The zero-order valence-corrected chi connectivity index (χ0v) is 15.2. The van der Waals surface area contributed by atoms with Gasteiger partial charge in [0.1, 0.15) is 5.58 Å². The molecular weight excluding hydrogens is 369 g/mol. The lowest BCUT2D eigenvalue weighted by atomic mass is 10.0. The molecule has 7 heteroatoms. The number of fused-ring (bicyclic) bond motifs is 1. The van der Waals surface area contributed by atoms with Crippen molar-refractivity contribution in [3.8, 4) is 11.1 Å². The van der Waals surface area contributed by atoms with E-state index in [0.29, 0.717) is 17.0 Å². The fraction of sp³-hybridized carbons (Fsp3) is 0.286. The zero-order valence-electron chi connectivity index (χ0n) is 15.2. The molecule has 0 spiro atoms. The zero-order chi connectivity index (χ0) is 19.9. The number of benzene rings is 2. The molecule has 0 bridgehead atoms. The van der Waals surface area contributed by atoms with Gasteiger partial charge in [0.05, 0.1) is 11.1 Å². The Morgan fingerprint density at radius 3 is 2.71 bits per heavy atom. The third-order valence-electron chi connectivity index (χ3n) is 4.95. The number of piperazine rings is 1. The van der Waals surface area contributed by atoms with Gasteiger partial charge in [-0.25, -0.2) is 4.79 Å². The van der Waals surface area contributed by atoms with Crippen molar-refractivity contribution < 1.29 is 17.6 Å². The van der Waals surface area contributed by atoms with Crippen LogP contribution in [0.25, 0.3) is 22.1 Å². The molecule has 0 amide bonds. The van der Waals surface area contributed by atoms with Crippen molar-refractivity contribution in [1.82, 2.24) is 5.32 Å². The van der Waals surface area contributed by atoms with Gasteiger partial charge in [0.15, 0.2) is 0 Å². The highest BCUT2D eigenvalue weighted by Gasteiger charge is 2.30. The van der Waals surface area contributed by atoms with Gasteiger partial charge in [-0.3, -0.25) is 0 Å². The summed E-state index contributed by atoms with van der Waals surface area (Å²) in [6.45, 7) is 4.67. The highest BCUT2D eigenvalue weighted by molar-refractivity contribution is 5.84. The molecule has 146 valence electrons. The van der Waals surface area contributed by atoms with Crippen molar-refractivity contribution in [3.05, 3.63) is 64.5 Å². The molecule has 1 N–H and O–H groups in total. The van der Waals surface area contributed by atoms with Crippen LogP contribution < -0.4 is 15.8 Å². The number of anilines is 1. The second-order valence-electron chi connectivity index (χ2n) is 7.05. The monoisotopic (exact) mass is 388 g/mol. The Bertz CT molecular complexity index is 1080. The molecule has 2 aromatic carbocycles. The van der Waals surface area contributed by atoms with Crippen LogP contribution in [0.3, 0.4) is 0 Å². The Hall–Kier alpha value is -2.80. The summed E-state index contributed by atoms with van der Waals surface area (Å²) in [4.78, 5) is 14.7. The first kappa shape index (κ1) is 18.6. The number of nitrogens with one attached hydrogen (secondary N) is 1. The first-order chi connectivity index (χ1) is 13.3. The summed E-state index contributed by atoms with van der Waals surface area (Å²) in [5.74, 6) is 0. The van der Waals surface area contributed by atoms with Crippen LogP contribution in [0.15, 0.2) is 57.7 Å². The third-order valence-corrected chi connectivity index (χ3v) is 4.95. The fourth-order valence-corrected chi connectivity index (χ4v) is 3.53. The summed E-state index contributed by atoms with van der Waals surface area (Å²) in [6.07, 6.45) is -4.47. The van der Waals surface area contributed by atoms with E-state index in [-0.39, 0.29) is 11.1 Å². The quantitative estimate of drug-likeness (QED) is 0.666. The van der Waals surface area contributed by atoms with Crippen LogP contribution in [0, 0.1) is 0 Å². The van der Waals surface area contributed by atoms with Gasteiger partial charge < -0.3 is 14.6 Å². The van der Waals surface area contributed by atoms with E-state index in [1.807, 2.05) is 18.2 Å². The lowest BCUT2D eigenvalue weighted by molar-refractivity contribution is -0.137. The minimum atomic E-state index is -4.47. The number of hydrogen-bond acceptors (Lipinski definition) is 4. The fourth-order valence-electron chi connectivity index (χ4n) is 3.53. The lowest BCUT2D eigenvalue weighted by Gasteiger charge is -2.33. The summed E-state index contributed by atoms with van der Waals surface area (Å²) in [7, 11) is 0. The molecule has 1 fully saturated rings. The van der Waals surface area contributed by atoms with E-state index in [1.165, 1.54) is 12.1 Å². The molecule has 3 aromatic rings. The maximum absolute atomic E-state index is 13.0. The van der Waals surface area contributed by atoms with Gasteiger partial charge in [0.25, 0.3) is 0 Å². The maximum Gasteiger partial charge on any atom is 0.416 e. The summed E-state index contributed by atoms with van der Waals surface area (Å²) >= 11 is 0. The first-order valence-corrected chi connectivity index (χ1v) is 9.05. The maximum atomic E-state index is 13.0. The first-order valence-electron chi connectivity index (χ1n) is 9.05. The molecule has 1 atom stereocenters. The Morgan fingerprint density at radius 2 is 1.96 bits per heavy atom. The van der Waals surface area contributed by atoms with E-state index in [2.05, 4.69) is 17.1 Å². The van der Waals surface area contributed by atoms with Crippen molar-refractivity contribution in [2.45, 2.75) is 19.1 Å². The lowest BCUT2D eigenvalue weighted by Crippen LogP contribution is -2.49. The van der Waals surface area contributed by atoms with Gasteiger partial charge in [-0.05, 0) is 42.8 Å². The topological polar surface area (TPSA) is 45.5 Å². The van der Waals surface area contributed by atoms with Gasteiger partial charge in [-0.1, -0.05) is 12.1 Å². The minimum absolute atomic E-state index is 0.113.